The number of nitrogens with zero attached hydrogens (tertiary/aromatic N) is 4. The first kappa shape index (κ1) is 33.3. The normalized spacial score (nSPS) is 11.5. The number of hydrogen-bond acceptors (Lipinski definition) is 6. The van der Waals surface area contributed by atoms with Gasteiger partial charge in [0.1, 0.15) is 29.5 Å². The molecule has 0 aliphatic carbocycles. The topological polar surface area (TPSA) is 104 Å². The Balaban J connectivity index is 0.00000181. The van der Waals surface area contributed by atoms with Crippen molar-refractivity contribution in [3.8, 4) is 6.07 Å². The number of thioether (sulfide) groups is 1. The maximum atomic E-state index is 15.5. The van der Waals surface area contributed by atoms with Crippen LogP contribution in [0, 0.1) is 28.8 Å². The molecule has 0 aliphatic rings. The maximum absolute atomic E-state index is 15.5. The molecule has 3 rings (SSSR count). The zero-order chi connectivity index (χ0) is 29.6. The molecule has 0 aliphatic heterocycles. The van der Waals surface area contributed by atoms with Crippen molar-refractivity contribution < 1.29 is 22.0 Å². The Hall–Kier alpha value is -3.69. The second kappa shape index (κ2) is 16.3. The van der Waals surface area contributed by atoms with E-state index < -0.39 is 47.1 Å². The molecule has 2 aromatic carbocycles. The first-order valence-electron chi connectivity index (χ1n) is 12.0. The third-order valence-corrected chi connectivity index (χ3v) is 6.04. The number of nitriles is 1. The van der Waals surface area contributed by atoms with Crippen LogP contribution in [0.15, 0.2) is 64.7 Å². The summed E-state index contributed by atoms with van der Waals surface area (Å²) in [6, 6.07) is 10.6. The number of benzene rings is 2. The highest BCUT2D eigenvalue weighted by molar-refractivity contribution is 7.98. The number of hydrazone groups is 1. The van der Waals surface area contributed by atoms with Crippen LogP contribution < -0.4 is 11.6 Å². The van der Waals surface area contributed by atoms with E-state index in [2.05, 4.69) is 10.1 Å². The number of pyridine rings is 1. The van der Waals surface area contributed by atoms with Gasteiger partial charge in [-0.15, -0.1) is 11.8 Å². The van der Waals surface area contributed by atoms with Crippen LogP contribution in [-0.4, -0.2) is 23.0 Å². The number of aromatic nitrogens is 1. The van der Waals surface area contributed by atoms with Gasteiger partial charge in [0.25, 0.3) is 5.92 Å². The summed E-state index contributed by atoms with van der Waals surface area (Å²) < 4.78 is 72.9. The molecule has 0 radical (unpaired) electrons. The van der Waals surface area contributed by atoms with E-state index in [9.17, 15) is 13.2 Å². The minimum atomic E-state index is -3.73. The minimum absolute atomic E-state index is 0.178. The SMILES string of the molecule is CC.CC.N#Cc1ccc(CSc2ccc(C(F)(F)C(CN(N)/N=C\N)c3ccc(F)cc3F)nc2)c(F)c1. The van der Waals surface area contributed by atoms with Crippen LogP contribution in [0.3, 0.4) is 0 Å². The fraction of sp³-hybridized carbons (Fsp3) is 0.296. The number of halogens is 5. The van der Waals surface area contributed by atoms with E-state index in [1.54, 1.807) is 0 Å². The number of hydrazine groups is 1. The molecule has 1 atom stereocenters. The van der Waals surface area contributed by atoms with Gasteiger partial charge in [-0.25, -0.2) is 24.1 Å². The van der Waals surface area contributed by atoms with Gasteiger partial charge in [-0.3, -0.25) is 4.98 Å². The van der Waals surface area contributed by atoms with Crippen molar-refractivity contribution in [2.45, 2.75) is 50.2 Å². The molecular formula is C27H31F5N6S. The average Bonchev–Trinajstić information content (AvgIpc) is 2.94. The highest BCUT2D eigenvalue weighted by Crippen LogP contribution is 2.43. The molecule has 0 amide bonds. The highest BCUT2D eigenvalue weighted by Gasteiger charge is 2.45. The van der Waals surface area contributed by atoms with Gasteiger partial charge in [0.15, 0.2) is 0 Å². The van der Waals surface area contributed by atoms with Gasteiger partial charge < -0.3 is 5.73 Å². The lowest BCUT2D eigenvalue weighted by molar-refractivity contribution is -0.0489. The molecule has 4 N–H and O–H groups in total. The first-order chi connectivity index (χ1) is 18.6. The monoisotopic (exact) mass is 566 g/mol. The van der Waals surface area contributed by atoms with Crippen molar-refractivity contribution in [1.29, 1.82) is 5.26 Å². The fourth-order valence-corrected chi connectivity index (χ4v) is 4.10. The molecule has 0 saturated carbocycles. The van der Waals surface area contributed by atoms with E-state index in [4.69, 9.17) is 16.8 Å². The van der Waals surface area contributed by atoms with E-state index in [0.717, 1.165) is 42.4 Å². The molecule has 3 aromatic rings. The second-order valence-corrected chi connectivity index (χ2v) is 8.36. The summed E-state index contributed by atoms with van der Waals surface area (Å²) in [5, 5.41) is 12.9. The zero-order valence-corrected chi connectivity index (χ0v) is 22.8. The van der Waals surface area contributed by atoms with Crippen molar-refractivity contribution in [2.75, 3.05) is 6.54 Å². The summed E-state index contributed by atoms with van der Waals surface area (Å²) in [6.07, 6.45) is 1.98. The van der Waals surface area contributed by atoms with E-state index in [-0.39, 0.29) is 11.3 Å². The van der Waals surface area contributed by atoms with Crippen LogP contribution in [-0.2, 0) is 11.7 Å². The maximum Gasteiger partial charge on any atom is 0.298 e. The summed E-state index contributed by atoms with van der Waals surface area (Å²) >= 11 is 1.15. The van der Waals surface area contributed by atoms with Crippen LogP contribution in [0.5, 0.6) is 0 Å². The third-order valence-electron chi connectivity index (χ3n) is 5.01. The van der Waals surface area contributed by atoms with Crippen LogP contribution in [0.1, 0.15) is 56.0 Å². The molecule has 210 valence electrons. The summed E-state index contributed by atoms with van der Waals surface area (Å²) in [6.45, 7) is 7.35. The largest absolute Gasteiger partial charge is 0.388 e. The van der Waals surface area contributed by atoms with E-state index >= 15 is 8.78 Å². The van der Waals surface area contributed by atoms with Gasteiger partial charge in [-0.2, -0.15) is 19.1 Å². The molecule has 6 nitrogen and oxygen atoms in total. The van der Waals surface area contributed by atoms with Gasteiger partial charge in [-0.1, -0.05) is 39.8 Å². The Kier molecular flexibility index (Phi) is 13.9. The Morgan fingerprint density at radius 1 is 1.05 bits per heavy atom. The minimum Gasteiger partial charge on any atom is -0.388 e. The van der Waals surface area contributed by atoms with Gasteiger partial charge in [-0.05, 0) is 41.5 Å². The molecule has 12 heteroatoms. The van der Waals surface area contributed by atoms with Gasteiger partial charge in [0.05, 0.1) is 24.1 Å². The molecule has 0 saturated heterocycles. The van der Waals surface area contributed by atoms with Gasteiger partial charge in [0, 0.05) is 22.9 Å². The Morgan fingerprint density at radius 2 is 1.74 bits per heavy atom. The molecule has 1 aromatic heterocycles. The predicted octanol–water partition coefficient (Wildman–Crippen LogP) is 6.67. The highest BCUT2D eigenvalue weighted by atomic mass is 32.2. The number of rotatable bonds is 9. The Bertz CT molecular complexity index is 1250. The van der Waals surface area contributed by atoms with E-state index in [1.807, 2.05) is 33.8 Å². The van der Waals surface area contributed by atoms with Crippen molar-refractivity contribution in [1.82, 2.24) is 10.1 Å². The molecule has 0 spiro atoms. The average molecular weight is 567 g/mol. The fourth-order valence-electron chi connectivity index (χ4n) is 3.25. The summed E-state index contributed by atoms with van der Waals surface area (Å²) in [7, 11) is 0. The van der Waals surface area contributed by atoms with Crippen molar-refractivity contribution in [3.63, 3.8) is 0 Å². The van der Waals surface area contributed by atoms with Crippen molar-refractivity contribution in [2.24, 2.45) is 16.7 Å². The first-order valence-corrected chi connectivity index (χ1v) is 13.0. The lowest BCUT2D eigenvalue weighted by atomic mass is 9.89. The Labute approximate surface area is 229 Å². The summed E-state index contributed by atoms with van der Waals surface area (Å²) in [4.78, 5) is 4.31. The standard InChI is InChI=1S/C23H19F5N6S.2C2H6/c24-16-3-5-18(21(26)8-16)19(11-34(31)33-13-30)23(27,28)22-6-4-17(10-32-22)35-12-15-2-1-14(9-29)7-20(15)25;2*1-2/h1-8,10,13,19H,11-12,31H2,(H2,30,33);2*1-2H3. The molecule has 1 unspecified atom stereocenters. The summed E-state index contributed by atoms with van der Waals surface area (Å²) in [5.41, 5.74) is 4.51. The van der Waals surface area contributed by atoms with Crippen LogP contribution >= 0.6 is 11.8 Å². The van der Waals surface area contributed by atoms with Crippen molar-refractivity contribution >= 4 is 18.1 Å². The molecule has 39 heavy (non-hydrogen) atoms. The Morgan fingerprint density at radius 3 is 2.28 bits per heavy atom. The van der Waals surface area contributed by atoms with E-state index in [1.165, 1.54) is 24.4 Å². The lowest BCUT2D eigenvalue weighted by Crippen LogP contribution is -2.38. The second-order valence-electron chi connectivity index (χ2n) is 7.31. The number of hydrogen-bond donors (Lipinski definition) is 2. The predicted molar refractivity (Wildman–Crippen MR) is 144 cm³/mol. The van der Waals surface area contributed by atoms with Crippen LogP contribution in [0.25, 0.3) is 0 Å². The molecular weight excluding hydrogens is 535 g/mol. The van der Waals surface area contributed by atoms with Crippen molar-refractivity contribution in [3.05, 3.63) is 94.6 Å². The smallest absolute Gasteiger partial charge is 0.298 e. The third kappa shape index (κ3) is 9.23. The summed E-state index contributed by atoms with van der Waals surface area (Å²) in [5.74, 6) is -2.50. The van der Waals surface area contributed by atoms with Crippen LogP contribution in [0.4, 0.5) is 22.0 Å². The van der Waals surface area contributed by atoms with Gasteiger partial charge >= 0.3 is 0 Å². The number of alkyl halides is 2. The van der Waals surface area contributed by atoms with Crippen LogP contribution in [0.2, 0.25) is 0 Å². The quantitative estimate of drug-likeness (QED) is 0.0749. The van der Waals surface area contributed by atoms with Gasteiger partial charge in [0.2, 0.25) is 0 Å². The zero-order valence-electron chi connectivity index (χ0n) is 22.0. The van der Waals surface area contributed by atoms with E-state index in [0.29, 0.717) is 21.6 Å². The molecule has 1 heterocycles. The molecule has 0 fully saturated rings. The lowest BCUT2D eigenvalue weighted by Gasteiger charge is -2.29. The number of nitrogens with two attached hydrogens (primary N) is 2. The molecule has 0 bridgehead atoms.